The summed E-state index contributed by atoms with van der Waals surface area (Å²) in [6, 6.07) is 12.9. The van der Waals surface area contributed by atoms with Crippen LogP contribution in [0.5, 0.6) is 11.5 Å². The fraction of sp³-hybridized carbons (Fsp3) is 0.281. The first kappa shape index (κ1) is 27.5. The van der Waals surface area contributed by atoms with Crippen LogP contribution in [0.4, 0.5) is 10.1 Å². The molecular weight excluding hydrogens is 535 g/mol. The molecule has 0 saturated carbocycles. The Bertz CT molecular complexity index is 1830. The molecule has 216 valence electrons. The number of unbranched alkanes of at least 4 members (excludes halogenated alkanes) is 1. The highest BCUT2D eigenvalue weighted by molar-refractivity contribution is 6.03. The normalized spacial score (nSPS) is 12.0. The van der Waals surface area contributed by atoms with E-state index in [0.717, 1.165) is 30.2 Å². The molecule has 0 aliphatic carbocycles. The van der Waals surface area contributed by atoms with Crippen LogP contribution in [0.3, 0.4) is 0 Å². The van der Waals surface area contributed by atoms with Gasteiger partial charge in [-0.05, 0) is 57.4 Å². The number of imidazole rings is 1. The van der Waals surface area contributed by atoms with Crippen molar-refractivity contribution in [3.05, 3.63) is 89.0 Å². The molecule has 0 saturated heterocycles. The summed E-state index contributed by atoms with van der Waals surface area (Å²) in [5.74, 6) is -0.324. The molecule has 5 aromatic rings. The van der Waals surface area contributed by atoms with Crippen molar-refractivity contribution in [3.63, 3.8) is 0 Å². The van der Waals surface area contributed by atoms with Gasteiger partial charge in [0.2, 0.25) is 5.43 Å². The summed E-state index contributed by atoms with van der Waals surface area (Å²) in [7, 11) is 4.04. The molecule has 9 nitrogen and oxygen atoms in total. The van der Waals surface area contributed by atoms with Gasteiger partial charge in [0.1, 0.15) is 16.8 Å². The van der Waals surface area contributed by atoms with Gasteiger partial charge in [-0.2, -0.15) is 0 Å². The molecular formula is C32H33FN6O3. The highest BCUT2D eigenvalue weighted by atomic mass is 19.1. The van der Waals surface area contributed by atoms with Crippen LogP contribution in [0.25, 0.3) is 27.4 Å². The standard InChI is InChI=1S/C32H33FN6O3/c1-37(2)15-6-5-12-35-27-25(33)18-23-28-31(27)42-30-22-9-4-3-8-21(22)10-11-26(30)39(28)19-24(29(23)40)32(41)36-13-7-16-38-17-14-34-20-38/h3-4,8-11,14,17-20,35H,5-7,12-13,15-16H2,1-2H3,(H,36,41). The van der Waals surface area contributed by atoms with Crippen molar-refractivity contribution in [2.24, 2.45) is 0 Å². The van der Waals surface area contributed by atoms with Gasteiger partial charge in [-0.1, -0.05) is 30.3 Å². The summed E-state index contributed by atoms with van der Waals surface area (Å²) in [6.07, 6.45) is 9.26. The van der Waals surface area contributed by atoms with Crippen molar-refractivity contribution in [1.29, 1.82) is 0 Å². The summed E-state index contributed by atoms with van der Waals surface area (Å²) in [6.45, 7) is 2.52. The van der Waals surface area contributed by atoms with Gasteiger partial charge in [-0.3, -0.25) is 9.59 Å². The zero-order chi connectivity index (χ0) is 29.2. The number of amides is 1. The van der Waals surface area contributed by atoms with Crippen LogP contribution in [0, 0.1) is 5.82 Å². The van der Waals surface area contributed by atoms with Crippen LogP contribution < -0.4 is 20.8 Å². The summed E-state index contributed by atoms with van der Waals surface area (Å²) < 4.78 is 25.9. The van der Waals surface area contributed by atoms with Gasteiger partial charge >= 0.3 is 0 Å². The molecule has 1 aliphatic rings. The molecule has 6 rings (SSSR count). The van der Waals surface area contributed by atoms with Crippen LogP contribution in [0.15, 0.2) is 72.2 Å². The molecule has 0 unspecified atom stereocenters. The van der Waals surface area contributed by atoms with Crippen molar-refractivity contribution in [1.82, 2.24) is 24.3 Å². The number of halogens is 1. The maximum atomic E-state index is 15.7. The van der Waals surface area contributed by atoms with Gasteiger partial charge in [0, 0.05) is 43.6 Å². The number of nitrogens with one attached hydrogen (secondary N) is 2. The molecule has 0 radical (unpaired) electrons. The predicted octanol–water partition coefficient (Wildman–Crippen LogP) is 5.16. The highest BCUT2D eigenvalue weighted by Gasteiger charge is 2.29. The third-order valence-electron chi connectivity index (χ3n) is 7.53. The van der Waals surface area contributed by atoms with Crippen LogP contribution in [0.2, 0.25) is 0 Å². The lowest BCUT2D eigenvalue weighted by molar-refractivity contribution is 0.0951. The summed E-state index contributed by atoms with van der Waals surface area (Å²) >= 11 is 0. The van der Waals surface area contributed by atoms with E-state index in [-0.39, 0.29) is 22.4 Å². The lowest BCUT2D eigenvalue weighted by Crippen LogP contribution is -2.31. The van der Waals surface area contributed by atoms with E-state index in [1.54, 1.807) is 23.3 Å². The number of hydrogen-bond acceptors (Lipinski definition) is 6. The molecule has 10 heteroatoms. The SMILES string of the molecule is CN(C)CCCCNc1c(F)cc2c(=O)c(C(=O)NCCCn3ccnc3)cn3c2c1Oc1c-3ccc2ccccc12. The van der Waals surface area contributed by atoms with E-state index in [1.165, 1.54) is 6.07 Å². The van der Waals surface area contributed by atoms with E-state index in [9.17, 15) is 9.59 Å². The van der Waals surface area contributed by atoms with Gasteiger partial charge in [0.25, 0.3) is 5.91 Å². The van der Waals surface area contributed by atoms with Crippen molar-refractivity contribution in [2.75, 3.05) is 39.0 Å². The second-order valence-corrected chi connectivity index (χ2v) is 10.8. The first-order valence-corrected chi connectivity index (χ1v) is 14.2. The first-order chi connectivity index (χ1) is 20.4. The number of aryl methyl sites for hydroxylation is 1. The molecule has 0 atom stereocenters. The average Bonchev–Trinajstić information content (AvgIpc) is 3.51. The predicted molar refractivity (Wildman–Crippen MR) is 163 cm³/mol. The smallest absolute Gasteiger partial charge is 0.256 e. The molecule has 1 aliphatic heterocycles. The minimum atomic E-state index is -0.602. The highest BCUT2D eigenvalue weighted by Crippen LogP contribution is 2.47. The van der Waals surface area contributed by atoms with Crippen molar-refractivity contribution < 1.29 is 13.9 Å². The topological polar surface area (TPSA) is 93.4 Å². The molecule has 1 amide bonds. The van der Waals surface area contributed by atoms with Gasteiger partial charge in [0.05, 0.1) is 17.4 Å². The molecule has 2 N–H and O–H groups in total. The number of carbonyl (C=O) groups is 1. The second-order valence-electron chi connectivity index (χ2n) is 10.8. The average molecular weight is 569 g/mol. The van der Waals surface area contributed by atoms with E-state index < -0.39 is 17.2 Å². The maximum Gasteiger partial charge on any atom is 0.256 e. The van der Waals surface area contributed by atoms with Gasteiger partial charge in [-0.25, -0.2) is 9.37 Å². The second kappa shape index (κ2) is 11.7. The maximum absolute atomic E-state index is 15.7. The van der Waals surface area contributed by atoms with E-state index in [4.69, 9.17) is 4.74 Å². The largest absolute Gasteiger partial charge is 0.450 e. The molecule has 0 fully saturated rings. The Hall–Kier alpha value is -4.70. The molecule has 0 spiro atoms. The number of hydrogen-bond donors (Lipinski definition) is 2. The number of benzene rings is 3. The quantitative estimate of drug-likeness (QED) is 0.210. The van der Waals surface area contributed by atoms with Gasteiger partial charge in [-0.15, -0.1) is 0 Å². The lowest BCUT2D eigenvalue weighted by Gasteiger charge is -2.27. The minimum absolute atomic E-state index is 0.0547. The first-order valence-electron chi connectivity index (χ1n) is 14.2. The molecule has 42 heavy (non-hydrogen) atoms. The van der Waals surface area contributed by atoms with Crippen molar-refractivity contribution >= 4 is 33.3 Å². The minimum Gasteiger partial charge on any atom is -0.450 e. The van der Waals surface area contributed by atoms with Crippen molar-refractivity contribution in [2.45, 2.75) is 25.8 Å². The molecule has 3 heterocycles. The van der Waals surface area contributed by atoms with Crippen LogP contribution >= 0.6 is 0 Å². The zero-order valence-electron chi connectivity index (χ0n) is 23.7. The van der Waals surface area contributed by atoms with Crippen LogP contribution in [-0.4, -0.2) is 58.7 Å². The van der Waals surface area contributed by atoms with E-state index >= 15 is 4.39 Å². The fourth-order valence-electron chi connectivity index (χ4n) is 5.42. The number of aromatic nitrogens is 3. The Kier molecular flexibility index (Phi) is 7.62. The third kappa shape index (κ3) is 5.21. The number of pyridine rings is 1. The molecule has 2 aromatic heterocycles. The summed E-state index contributed by atoms with van der Waals surface area (Å²) in [5, 5.41) is 7.97. The number of nitrogens with zero attached hydrogens (tertiary/aromatic N) is 4. The van der Waals surface area contributed by atoms with Crippen molar-refractivity contribution in [3.8, 4) is 17.2 Å². The Labute approximate surface area is 242 Å². The summed E-state index contributed by atoms with van der Waals surface area (Å²) in [4.78, 5) is 33.1. The van der Waals surface area contributed by atoms with E-state index in [1.807, 2.05) is 61.3 Å². The Morgan fingerprint density at radius 2 is 1.90 bits per heavy atom. The Morgan fingerprint density at radius 1 is 1.05 bits per heavy atom. The lowest BCUT2D eigenvalue weighted by atomic mass is 10.0. The number of fused-ring (bicyclic) bond motifs is 4. The number of rotatable bonds is 11. The number of carbonyl (C=O) groups excluding carboxylic acids is 1. The van der Waals surface area contributed by atoms with Crippen LogP contribution in [-0.2, 0) is 6.54 Å². The monoisotopic (exact) mass is 568 g/mol. The number of anilines is 1. The fourth-order valence-corrected chi connectivity index (χ4v) is 5.42. The van der Waals surface area contributed by atoms with E-state index in [0.29, 0.717) is 43.0 Å². The van der Waals surface area contributed by atoms with Gasteiger partial charge in [0.15, 0.2) is 17.3 Å². The number of ether oxygens (including phenoxy) is 1. The van der Waals surface area contributed by atoms with Crippen LogP contribution in [0.1, 0.15) is 29.6 Å². The summed E-state index contributed by atoms with van der Waals surface area (Å²) in [5.41, 5.74) is 0.705. The Morgan fingerprint density at radius 3 is 2.71 bits per heavy atom. The third-order valence-corrected chi connectivity index (χ3v) is 7.53. The molecule has 0 bridgehead atoms. The Balaban J connectivity index is 1.41. The van der Waals surface area contributed by atoms with E-state index in [2.05, 4.69) is 20.5 Å². The van der Waals surface area contributed by atoms with Gasteiger partial charge < -0.3 is 29.4 Å². The molecule has 3 aromatic carbocycles. The zero-order valence-corrected chi connectivity index (χ0v) is 23.7.